The number of morpholine rings is 1. The quantitative estimate of drug-likeness (QED) is 0.376. The molecule has 1 aliphatic heterocycles. The zero-order valence-corrected chi connectivity index (χ0v) is 18.9. The van der Waals surface area contributed by atoms with E-state index in [0.717, 1.165) is 42.2 Å². The van der Waals surface area contributed by atoms with Crippen LogP contribution in [0.2, 0.25) is 0 Å². The van der Waals surface area contributed by atoms with Crippen molar-refractivity contribution in [1.82, 2.24) is 25.1 Å². The first-order chi connectivity index (χ1) is 17.1. The average Bonchev–Trinajstić information content (AvgIpc) is 3.47. The van der Waals surface area contributed by atoms with E-state index in [9.17, 15) is 13.6 Å². The fourth-order valence-electron chi connectivity index (χ4n) is 4.07. The molecule has 0 saturated carbocycles. The Balaban J connectivity index is 1.44. The zero-order chi connectivity index (χ0) is 24.2. The number of imidazole rings is 1. The summed E-state index contributed by atoms with van der Waals surface area (Å²) in [5.41, 5.74) is 2.95. The number of nitrogens with zero attached hydrogens (tertiary/aromatic N) is 3. The van der Waals surface area contributed by atoms with Gasteiger partial charge in [0.25, 0.3) is 5.91 Å². The van der Waals surface area contributed by atoms with Gasteiger partial charge in [-0.25, -0.2) is 13.8 Å². The van der Waals surface area contributed by atoms with Gasteiger partial charge in [0.05, 0.1) is 30.8 Å². The first-order valence-corrected chi connectivity index (χ1v) is 11.3. The van der Waals surface area contributed by atoms with Crippen molar-refractivity contribution in [3.8, 4) is 11.5 Å². The fourth-order valence-corrected chi connectivity index (χ4v) is 4.07. The molecule has 3 N–H and O–H groups in total. The van der Waals surface area contributed by atoms with E-state index in [4.69, 9.17) is 9.72 Å². The summed E-state index contributed by atoms with van der Waals surface area (Å²) in [7, 11) is 0. The van der Waals surface area contributed by atoms with Crippen molar-refractivity contribution in [1.29, 1.82) is 0 Å². The third kappa shape index (κ3) is 5.13. The number of aromatic nitrogens is 4. The number of hydrogen-bond acceptors (Lipinski definition) is 5. The Kier molecular flexibility index (Phi) is 6.64. The normalized spacial score (nSPS) is 14.2. The molecule has 35 heavy (non-hydrogen) atoms. The third-order valence-corrected chi connectivity index (χ3v) is 5.88. The van der Waals surface area contributed by atoms with Gasteiger partial charge in [0, 0.05) is 31.7 Å². The molecule has 1 aliphatic rings. The molecule has 10 heteroatoms. The van der Waals surface area contributed by atoms with Gasteiger partial charge in [-0.2, -0.15) is 5.10 Å². The Morgan fingerprint density at radius 3 is 2.54 bits per heavy atom. The Morgan fingerprint density at radius 1 is 1.06 bits per heavy atom. The van der Waals surface area contributed by atoms with E-state index in [1.54, 1.807) is 0 Å². The van der Waals surface area contributed by atoms with E-state index >= 15 is 0 Å². The van der Waals surface area contributed by atoms with Crippen LogP contribution in [0.3, 0.4) is 0 Å². The van der Waals surface area contributed by atoms with Crippen molar-refractivity contribution in [2.45, 2.75) is 13.0 Å². The molecule has 0 aliphatic carbocycles. The highest BCUT2D eigenvalue weighted by Gasteiger charge is 2.22. The number of carbonyl (C=O) groups is 1. The van der Waals surface area contributed by atoms with Crippen LogP contribution in [0, 0.1) is 11.6 Å². The van der Waals surface area contributed by atoms with Crippen LogP contribution < -0.4 is 5.32 Å². The number of aromatic amines is 2. The molecular formula is C25H24F2N6O2. The van der Waals surface area contributed by atoms with Crippen LogP contribution in [0.1, 0.15) is 27.3 Å². The van der Waals surface area contributed by atoms with Gasteiger partial charge in [0.15, 0.2) is 5.82 Å². The van der Waals surface area contributed by atoms with E-state index in [-0.39, 0.29) is 5.69 Å². The molecule has 0 atom stereocenters. The molecule has 2 aromatic heterocycles. The van der Waals surface area contributed by atoms with E-state index in [0.29, 0.717) is 37.7 Å². The third-order valence-electron chi connectivity index (χ3n) is 5.88. The van der Waals surface area contributed by atoms with Crippen molar-refractivity contribution in [3.05, 3.63) is 88.9 Å². The number of nitrogens with one attached hydrogen (secondary N) is 3. The SMILES string of the molecule is O=C(Nc1cn[nH]c1-c1nc(CN2CCOCC2)c(Cc2ccccc2)[nH]1)c1c(F)cccc1F. The zero-order valence-electron chi connectivity index (χ0n) is 18.9. The van der Waals surface area contributed by atoms with Gasteiger partial charge in [-0.1, -0.05) is 36.4 Å². The predicted molar refractivity (Wildman–Crippen MR) is 126 cm³/mol. The highest BCUT2D eigenvalue weighted by molar-refractivity contribution is 6.06. The number of ether oxygens (including phenoxy) is 1. The molecule has 0 spiro atoms. The molecule has 8 nitrogen and oxygen atoms in total. The van der Waals surface area contributed by atoms with Crippen molar-refractivity contribution >= 4 is 11.6 Å². The Labute approximate surface area is 200 Å². The van der Waals surface area contributed by atoms with Crippen molar-refractivity contribution in [3.63, 3.8) is 0 Å². The number of rotatable bonds is 7. The maximum Gasteiger partial charge on any atom is 0.261 e. The number of amides is 1. The van der Waals surface area contributed by atoms with Gasteiger partial charge in [-0.05, 0) is 17.7 Å². The first kappa shape index (κ1) is 22.9. The predicted octanol–water partition coefficient (Wildman–Crippen LogP) is 3.75. The number of H-pyrrole nitrogens is 2. The summed E-state index contributed by atoms with van der Waals surface area (Å²) >= 11 is 0. The monoisotopic (exact) mass is 478 g/mol. The Hall–Kier alpha value is -3.89. The number of hydrogen-bond donors (Lipinski definition) is 3. The lowest BCUT2D eigenvalue weighted by molar-refractivity contribution is 0.0336. The number of carbonyl (C=O) groups excluding carboxylic acids is 1. The minimum atomic E-state index is -0.941. The summed E-state index contributed by atoms with van der Waals surface area (Å²) in [4.78, 5) is 23.1. The van der Waals surface area contributed by atoms with Gasteiger partial charge in [-0.3, -0.25) is 14.8 Å². The smallest absolute Gasteiger partial charge is 0.261 e. The standard InChI is InChI=1S/C25H24F2N6O2/c26-17-7-4-8-18(27)22(17)25(34)31-20-14-28-32-23(20)24-29-19(13-16-5-2-1-3-6-16)21(30-24)15-33-9-11-35-12-10-33/h1-8,14H,9-13,15H2,(H,28,32)(H,29,30)(H,31,34). The second-order valence-electron chi connectivity index (χ2n) is 8.27. The summed E-state index contributed by atoms with van der Waals surface area (Å²) in [6.45, 7) is 3.61. The molecule has 3 heterocycles. The van der Waals surface area contributed by atoms with Crippen molar-refractivity contribution in [2.75, 3.05) is 31.6 Å². The van der Waals surface area contributed by atoms with E-state index in [1.165, 1.54) is 12.3 Å². The van der Waals surface area contributed by atoms with Gasteiger partial charge >= 0.3 is 0 Å². The molecule has 1 fully saturated rings. The molecule has 2 aromatic carbocycles. The molecule has 1 saturated heterocycles. The Bertz CT molecular complexity index is 1290. The average molecular weight is 479 g/mol. The summed E-state index contributed by atoms with van der Waals surface area (Å²) in [5, 5.41) is 9.40. The molecule has 0 bridgehead atoms. The minimum Gasteiger partial charge on any atom is -0.379 e. The molecule has 1 amide bonds. The highest BCUT2D eigenvalue weighted by atomic mass is 19.1. The lowest BCUT2D eigenvalue weighted by Gasteiger charge is -2.26. The lowest BCUT2D eigenvalue weighted by atomic mass is 10.1. The summed E-state index contributed by atoms with van der Waals surface area (Å²) in [6.07, 6.45) is 2.02. The lowest BCUT2D eigenvalue weighted by Crippen LogP contribution is -2.36. The molecule has 0 radical (unpaired) electrons. The van der Waals surface area contributed by atoms with E-state index < -0.39 is 23.1 Å². The number of benzene rings is 2. The molecule has 180 valence electrons. The van der Waals surface area contributed by atoms with Crippen LogP contribution in [0.25, 0.3) is 11.5 Å². The summed E-state index contributed by atoms with van der Waals surface area (Å²) < 4.78 is 33.6. The van der Waals surface area contributed by atoms with Crippen molar-refractivity contribution < 1.29 is 18.3 Å². The maximum atomic E-state index is 14.1. The Morgan fingerprint density at radius 2 is 1.80 bits per heavy atom. The van der Waals surface area contributed by atoms with E-state index in [1.807, 2.05) is 30.3 Å². The molecular weight excluding hydrogens is 454 g/mol. The van der Waals surface area contributed by atoms with E-state index in [2.05, 4.69) is 25.4 Å². The summed E-state index contributed by atoms with van der Waals surface area (Å²) in [5.74, 6) is -2.32. The second-order valence-corrected chi connectivity index (χ2v) is 8.27. The molecule has 0 unspecified atom stereocenters. The fraction of sp³-hybridized carbons (Fsp3) is 0.240. The van der Waals surface area contributed by atoms with Gasteiger partial charge in [0.1, 0.15) is 22.9 Å². The van der Waals surface area contributed by atoms with Crippen LogP contribution in [0.5, 0.6) is 0 Å². The molecule has 5 rings (SSSR count). The number of halogens is 2. The minimum absolute atomic E-state index is 0.260. The summed E-state index contributed by atoms with van der Waals surface area (Å²) in [6, 6.07) is 13.3. The van der Waals surface area contributed by atoms with Crippen LogP contribution >= 0.6 is 0 Å². The maximum absolute atomic E-state index is 14.1. The van der Waals surface area contributed by atoms with Crippen LogP contribution in [-0.4, -0.2) is 57.3 Å². The topological polar surface area (TPSA) is 98.9 Å². The highest BCUT2D eigenvalue weighted by Crippen LogP contribution is 2.27. The number of anilines is 1. The molecule has 4 aromatic rings. The van der Waals surface area contributed by atoms with Crippen LogP contribution in [0.15, 0.2) is 54.7 Å². The van der Waals surface area contributed by atoms with Crippen LogP contribution in [-0.2, 0) is 17.7 Å². The van der Waals surface area contributed by atoms with Crippen LogP contribution in [0.4, 0.5) is 14.5 Å². The van der Waals surface area contributed by atoms with Gasteiger partial charge in [-0.15, -0.1) is 0 Å². The van der Waals surface area contributed by atoms with Gasteiger partial charge < -0.3 is 15.0 Å². The van der Waals surface area contributed by atoms with Gasteiger partial charge in [0.2, 0.25) is 0 Å². The second kappa shape index (κ2) is 10.2. The van der Waals surface area contributed by atoms with Crippen molar-refractivity contribution in [2.24, 2.45) is 0 Å². The largest absolute Gasteiger partial charge is 0.379 e. The first-order valence-electron chi connectivity index (χ1n) is 11.3.